The Labute approximate surface area is 85.4 Å². The Kier molecular flexibility index (Phi) is 2.89. The summed E-state index contributed by atoms with van der Waals surface area (Å²) in [7, 11) is -0.185. The van der Waals surface area contributed by atoms with Crippen molar-refractivity contribution in [2.75, 3.05) is 0 Å². The zero-order chi connectivity index (χ0) is 9.97. The number of benzene rings is 1. The molecule has 0 aliphatic carbocycles. The minimum absolute atomic E-state index is 0.185. The second-order valence-electron chi connectivity index (χ2n) is 3.87. The maximum absolute atomic E-state index is 5.72. The highest BCUT2D eigenvalue weighted by Crippen LogP contribution is 2.15. The van der Waals surface area contributed by atoms with Gasteiger partial charge in [-0.3, -0.25) is 0 Å². The van der Waals surface area contributed by atoms with Crippen molar-refractivity contribution in [2.45, 2.75) is 32.5 Å². The molecule has 1 aliphatic heterocycles. The largest absolute Gasteiger partial charge is 0.494 e. The molecule has 1 aliphatic rings. The van der Waals surface area contributed by atoms with E-state index in [1.807, 2.05) is 30.3 Å². The number of hydrogen-bond donors (Lipinski definition) is 0. The van der Waals surface area contributed by atoms with E-state index < -0.39 is 0 Å². The molecule has 0 N–H and O–H groups in total. The molecule has 2 rings (SSSR count). The molecule has 0 aromatic heterocycles. The summed E-state index contributed by atoms with van der Waals surface area (Å²) in [6, 6.07) is 10.1. The molecule has 1 aromatic rings. The standard InChI is InChI=1S/C11H15BO2/c1-9-8-10(2)14-12(13-9)11-6-4-3-5-7-11/h3-7,9-10H,8H2,1-2H3/t9-,10+. The molecule has 2 atom stereocenters. The van der Waals surface area contributed by atoms with Crippen LogP contribution in [-0.4, -0.2) is 19.3 Å². The third kappa shape index (κ3) is 2.17. The molecule has 1 aromatic carbocycles. The van der Waals surface area contributed by atoms with Crippen molar-refractivity contribution in [3.05, 3.63) is 30.3 Å². The lowest BCUT2D eigenvalue weighted by Gasteiger charge is -2.30. The minimum Gasteiger partial charge on any atom is -0.405 e. The van der Waals surface area contributed by atoms with E-state index in [0.717, 1.165) is 11.9 Å². The van der Waals surface area contributed by atoms with E-state index in [0.29, 0.717) is 0 Å². The third-order valence-electron chi connectivity index (χ3n) is 2.45. The van der Waals surface area contributed by atoms with Crippen LogP contribution >= 0.6 is 0 Å². The van der Waals surface area contributed by atoms with Crippen molar-refractivity contribution in [1.29, 1.82) is 0 Å². The van der Waals surface area contributed by atoms with E-state index in [9.17, 15) is 0 Å². The van der Waals surface area contributed by atoms with Gasteiger partial charge in [-0.1, -0.05) is 30.3 Å². The van der Waals surface area contributed by atoms with Crippen molar-refractivity contribution < 1.29 is 9.31 Å². The highest BCUT2D eigenvalue weighted by atomic mass is 16.6. The van der Waals surface area contributed by atoms with Crippen molar-refractivity contribution in [1.82, 2.24) is 0 Å². The second kappa shape index (κ2) is 4.15. The van der Waals surface area contributed by atoms with Gasteiger partial charge in [0.2, 0.25) is 0 Å². The van der Waals surface area contributed by atoms with Crippen LogP contribution in [0.2, 0.25) is 0 Å². The predicted molar refractivity (Wildman–Crippen MR) is 57.5 cm³/mol. The maximum Gasteiger partial charge on any atom is 0.494 e. The Morgan fingerprint density at radius 3 is 2.21 bits per heavy atom. The molecule has 0 spiro atoms. The number of hydrogen-bond acceptors (Lipinski definition) is 2. The quantitative estimate of drug-likeness (QED) is 0.626. The first kappa shape index (κ1) is 9.75. The van der Waals surface area contributed by atoms with Crippen molar-refractivity contribution in [2.24, 2.45) is 0 Å². The van der Waals surface area contributed by atoms with Crippen LogP contribution in [0.25, 0.3) is 0 Å². The molecule has 1 heterocycles. The van der Waals surface area contributed by atoms with E-state index in [2.05, 4.69) is 13.8 Å². The molecule has 2 nitrogen and oxygen atoms in total. The first-order valence-electron chi connectivity index (χ1n) is 5.11. The zero-order valence-corrected chi connectivity index (χ0v) is 8.64. The van der Waals surface area contributed by atoms with Crippen LogP contribution in [0, 0.1) is 0 Å². The van der Waals surface area contributed by atoms with Crippen LogP contribution in [0.15, 0.2) is 30.3 Å². The molecule has 0 unspecified atom stereocenters. The zero-order valence-electron chi connectivity index (χ0n) is 8.64. The predicted octanol–water partition coefficient (Wildman–Crippen LogP) is 1.60. The van der Waals surface area contributed by atoms with E-state index in [1.54, 1.807) is 0 Å². The summed E-state index contributed by atoms with van der Waals surface area (Å²) in [5.74, 6) is 0. The lowest BCUT2D eigenvalue weighted by Crippen LogP contribution is -2.46. The van der Waals surface area contributed by atoms with E-state index in [1.165, 1.54) is 0 Å². The van der Waals surface area contributed by atoms with E-state index >= 15 is 0 Å². The molecule has 3 heteroatoms. The van der Waals surface area contributed by atoms with E-state index in [4.69, 9.17) is 9.31 Å². The molecular formula is C11H15BO2. The monoisotopic (exact) mass is 190 g/mol. The number of rotatable bonds is 1. The van der Waals surface area contributed by atoms with Gasteiger partial charge >= 0.3 is 7.12 Å². The molecule has 0 amide bonds. The van der Waals surface area contributed by atoms with Crippen molar-refractivity contribution in [3.63, 3.8) is 0 Å². The van der Waals surface area contributed by atoms with E-state index in [-0.39, 0.29) is 19.3 Å². The van der Waals surface area contributed by atoms with Gasteiger partial charge in [-0.05, 0) is 25.7 Å². The summed E-state index contributed by atoms with van der Waals surface area (Å²) < 4.78 is 11.4. The van der Waals surface area contributed by atoms with Gasteiger partial charge in [0.05, 0.1) is 0 Å². The van der Waals surface area contributed by atoms with Gasteiger partial charge in [0, 0.05) is 12.2 Å². The van der Waals surface area contributed by atoms with Crippen LogP contribution in [-0.2, 0) is 9.31 Å². The van der Waals surface area contributed by atoms with Gasteiger partial charge in [0.25, 0.3) is 0 Å². The van der Waals surface area contributed by atoms with Gasteiger partial charge < -0.3 is 9.31 Å². The molecule has 14 heavy (non-hydrogen) atoms. The summed E-state index contributed by atoms with van der Waals surface area (Å²) >= 11 is 0. The van der Waals surface area contributed by atoms with Crippen molar-refractivity contribution >= 4 is 12.6 Å². The Morgan fingerprint density at radius 2 is 1.64 bits per heavy atom. The highest BCUT2D eigenvalue weighted by molar-refractivity contribution is 6.61. The van der Waals surface area contributed by atoms with Gasteiger partial charge in [-0.15, -0.1) is 0 Å². The lowest BCUT2D eigenvalue weighted by atomic mass is 9.77. The maximum atomic E-state index is 5.72. The third-order valence-corrected chi connectivity index (χ3v) is 2.45. The summed E-state index contributed by atoms with van der Waals surface area (Å²) in [5, 5.41) is 0. The summed E-state index contributed by atoms with van der Waals surface area (Å²) in [5.41, 5.74) is 1.10. The SMILES string of the molecule is C[C@@H]1C[C@H](C)OB(c2ccccc2)O1. The van der Waals surface area contributed by atoms with Crippen LogP contribution < -0.4 is 5.46 Å². The molecule has 1 fully saturated rings. The fourth-order valence-corrected chi connectivity index (χ4v) is 1.80. The smallest absolute Gasteiger partial charge is 0.405 e. The highest BCUT2D eigenvalue weighted by Gasteiger charge is 2.31. The summed E-state index contributed by atoms with van der Waals surface area (Å²) in [6.07, 6.45) is 1.54. The minimum atomic E-state index is -0.185. The van der Waals surface area contributed by atoms with Crippen LogP contribution in [0.4, 0.5) is 0 Å². The van der Waals surface area contributed by atoms with Gasteiger partial charge in [-0.2, -0.15) is 0 Å². The van der Waals surface area contributed by atoms with Crippen LogP contribution in [0.1, 0.15) is 20.3 Å². The fraction of sp³-hybridized carbons (Fsp3) is 0.455. The summed E-state index contributed by atoms with van der Waals surface area (Å²) in [4.78, 5) is 0. The Balaban J connectivity index is 2.11. The Bertz CT molecular complexity index is 279. The van der Waals surface area contributed by atoms with Crippen LogP contribution in [0.3, 0.4) is 0 Å². The first-order chi connectivity index (χ1) is 6.75. The molecule has 0 saturated carbocycles. The first-order valence-corrected chi connectivity index (χ1v) is 5.11. The average Bonchev–Trinajstić information content (AvgIpc) is 2.18. The second-order valence-corrected chi connectivity index (χ2v) is 3.87. The normalized spacial score (nSPS) is 27.7. The molecule has 0 radical (unpaired) electrons. The van der Waals surface area contributed by atoms with Gasteiger partial charge in [0.1, 0.15) is 0 Å². The summed E-state index contributed by atoms with van der Waals surface area (Å²) in [6.45, 7) is 4.18. The lowest BCUT2D eigenvalue weighted by molar-refractivity contribution is 0.0403. The van der Waals surface area contributed by atoms with Gasteiger partial charge in [0.15, 0.2) is 0 Å². The Hall–Kier alpha value is -0.795. The Morgan fingerprint density at radius 1 is 1.07 bits per heavy atom. The molecular weight excluding hydrogens is 175 g/mol. The van der Waals surface area contributed by atoms with Crippen LogP contribution in [0.5, 0.6) is 0 Å². The fourth-order valence-electron chi connectivity index (χ4n) is 1.80. The molecule has 0 bridgehead atoms. The van der Waals surface area contributed by atoms with Crippen molar-refractivity contribution in [3.8, 4) is 0 Å². The molecule has 1 saturated heterocycles. The van der Waals surface area contributed by atoms with Gasteiger partial charge in [-0.25, -0.2) is 0 Å². The topological polar surface area (TPSA) is 18.5 Å². The average molecular weight is 190 g/mol. The molecule has 74 valence electrons.